The van der Waals surface area contributed by atoms with Crippen molar-refractivity contribution in [2.45, 2.75) is 26.1 Å². The molecule has 204 valence electrons. The lowest BCUT2D eigenvalue weighted by Gasteiger charge is -2.37. The second-order valence-corrected chi connectivity index (χ2v) is 9.15. The smallest absolute Gasteiger partial charge is 0.434 e. The summed E-state index contributed by atoms with van der Waals surface area (Å²) in [5.74, 6) is 2.50. The van der Waals surface area contributed by atoms with E-state index in [4.69, 9.17) is 14.3 Å². The number of hydrogen-bond acceptors (Lipinski definition) is 8. The first kappa shape index (κ1) is 27.9. The normalized spacial score (nSPS) is 13.4. The van der Waals surface area contributed by atoms with Crippen LogP contribution in [0.2, 0.25) is 0 Å². The summed E-state index contributed by atoms with van der Waals surface area (Å²) in [4.78, 5) is 38.1. The molecule has 9 nitrogen and oxygen atoms in total. The van der Waals surface area contributed by atoms with Gasteiger partial charge in [0.2, 0.25) is 0 Å². The zero-order chi connectivity index (χ0) is 27.3. The van der Waals surface area contributed by atoms with Gasteiger partial charge in [-0.2, -0.15) is 5.06 Å². The van der Waals surface area contributed by atoms with Gasteiger partial charge in [0.05, 0.1) is 25.9 Å². The summed E-state index contributed by atoms with van der Waals surface area (Å²) in [7, 11) is 1.66. The van der Waals surface area contributed by atoms with Gasteiger partial charge in [-0.05, 0) is 34.9 Å². The maximum Gasteiger partial charge on any atom is 0.434 e. The molecule has 2 aromatic carbocycles. The summed E-state index contributed by atoms with van der Waals surface area (Å²) in [6.45, 7) is 4.84. The Labute approximate surface area is 229 Å². The van der Waals surface area contributed by atoms with Crippen molar-refractivity contribution >= 4 is 17.7 Å². The molecule has 1 saturated heterocycles. The number of pyridine rings is 1. The molecule has 1 aromatic heterocycles. The van der Waals surface area contributed by atoms with Gasteiger partial charge in [0, 0.05) is 57.6 Å². The van der Waals surface area contributed by atoms with Crippen molar-refractivity contribution in [3.05, 3.63) is 95.8 Å². The predicted octanol–water partition coefficient (Wildman–Crippen LogP) is 4.26. The molecule has 0 unspecified atom stereocenters. The van der Waals surface area contributed by atoms with Gasteiger partial charge in [-0.15, -0.1) is 0 Å². The Balaban J connectivity index is 1.42. The highest BCUT2D eigenvalue weighted by Crippen LogP contribution is 2.31. The molecule has 1 amide bonds. The van der Waals surface area contributed by atoms with Crippen molar-refractivity contribution in [2.75, 3.05) is 44.8 Å². The lowest BCUT2D eigenvalue weighted by molar-refractivity contribution is -0.142. The van der Waals surface area contributed by atoms with Crippen molar-refractivity contribution in [1.82, 2.24) is 14.9 Å². The van der Waals surface area contributed by atoms with Crippen LogP contribution in [0.3, 0.4) is 0 Å². The molecule has 9 heteroatoms. The van der Waals surface area contributed by atoms with Crippen LogP contribution in [-0.4, -0.2) is 66.9 Å². The number of benzene rings is 2. The number of hydroxylamine groups is 2. The average molecular weight is 531 g/mol. The van der Waals surface area contributed by atoms with Gasteiger partial charge in [-0.25, -0.2) is 9.59 Å². The zero-order valence-corrected chi connectivity index (χ0v) is 22.2. The molecule has 1 aliphatic rings. The second-order valence-electron chi connectivity index (χ2n) is 9.15. The predicted molar refractivity (Wildman–Crippen MR) is 148 cm³/mol. The van der Waals surface area contributed by atoms with Gasteiger partial charge in [-0.1, -0.05) is 42.5 Å². The molecule has 0 radical (unpaired) electrons. The number of carbonyl (C=O) groups is 1. The second kappa shape index (κ2) is 14.7. The molecule has 39 heavy (non-hydrogen) atoms. The first-order valence-electron chi connectivity index (χ1n) is 13.0. The Morgan fingerprint density at radius 2 is 1.82 bits per heavy atom. The van der Waals surface area contributed by atoms with Crippen LogP contribution in [0.4, 0.5) is 10.5 Å². The summed E-state index contributed by atoms with van der Waals surface area (Å²) >= 11 is 0. The van der Waals surface area contributed by atoms with E-state index in [0.29, 0.717) is 6.42 Å². The minimum absolute atomic E-state index is 0.130. The van der Waals surface area contributed by atoms with Crippen molar-refractivity contribution in [2.24, 2.45) is 0 Å². The number of carbonyl (C=O) groups excluding carboxylic acids is 2. The highest BCUT2D eigenvalue weighted by Gasteiger charge is 2.22. The van der Waals surface area contributed by atoms with Crippen molar-refractivity contribution < 1.29 is 23.9 Å². The minimum Gasteiger partial charge on any atom is -0.495 e. The van der Waals surface area contributed by atoms with E-state index < -0.39 is 6.09 Å². The van der Waals surface area contributed by atoms with Gasteiger partial charge in [0.25, 0.3) is 0 Å². The number of rotatable bonds is 12. The van der Waals surface area contributed by atoms with Gasteiger partial charge >= 0.3 is 6.09 Å². The first-order valence-corrected chi connectivity index (χ1v) is 13.0. The van der Waals surface area contributed by atoms with Gasteiger partial charge in [0.1, 0.15) is 18.3 Å². The summed E-state index contributed by atoms with van der Waals surface area (Å²) in [6.07, 6.45) is 4.76. The van der Waals surface area contributed by atoms with Crippen LogP contribution in [0.15, 0.2) is 79.1 Å². The van der Waals surface area contributed by atoms with E-state index in [0.717, 1.165) is 55.3 Å². The van der Waals surface area contributed by atoms with E-state index in [1.165, 1.54) is 16.7 Å². The van der Waals surface area contributed by atoms with Gasteiger partial charge in [0.15, 0.2) is 0 Å². The molecule has 4 rings (SSSR count). The highest BCUT2D eigenvalue weighted by molar-refractivity contribution is 5.67. The SMILES string of the molecule is COc1ccc(CN(OCCC=C=O)C(=O)OCc2ccccc2)cc1N1CCN(Cc2cccnc2)CC1. The molecule has 0 saturated carbocycles. The number of amides is 1. The highest BCUT2D eigenvalue weighted by atomic mass is 16.7. The Hall–Kier alpha value is -4.17. The fourth-order valence-electron chi connectivity index (χ4n) is 4.38. The van der Waals surface area contributed by atoms with Crippen LogP contribution >= 0.6 is 0 Å². The number of methoxy groups -OCH3 is 1. The number of hydrogen-bond donors (Lipinski definition) is 0. The minimum atomic E-state index is -0.602. The van der Waals surface area contributed by atoms with Crippen LogP contribution < -0.4 is 9.64 Å². The molecule has 0 spiro atoms. The molecule has 1 fully saturated rings. The lowest BCUT2D eigenvalue weighted by atomic mass is 10.1. The Morgan fingerprint density at radius 1 is 1.03 bits per heavy atom. The first-order chi connectivity index (χ1) is 19.2. The lowest BCUT2D eigenvalue weighted by Crippen LogP contribution is -2.46. The Kier molecular flexibility index (Phi) is 10.5. The van der Waals surface area contributed by atoms with E-state index >= 15 is 0 Å². The van der Waals surface area contributed by atoms with Crippen LogP contribution in [0.1, 0.15) is 23.1 Å². The molecule has 0 atom stereocenters. The molecule has 0 N–H and O–H groups in total. The molecule has 3 aromatic rings. The molecule has 1 aliphatic heterocycles. The van der Waals surface area contributed by atoms with Gasteiger partial charge < -0.3 is 14.4 Å². The standard InChI is InChI=1S/C30H34N4O5/c1-37-29-12-11-26(20-28(29)33-16-14-32(15-17-33)22-27-10-7-13-31-21-27)23-34(39-19-6-5-18-35)30(36)38-24-25-8-3-2-4-9-25/h2-5,7-13,20-21H,6,14-17,19,22-24H2,1H3. The topological polar surface area (TPSA) is 84.4 Å². The van der Waals surface area contributed by atoms with E-state index in [1.807, 2.05) is 60.8 Å². The van der Waals surface area contributed by atoms with Crippen LogP contribution in [-0.2, 0) is 34.1 Å². The maximum absolute atomic E-state index is 12.9. The number of anilines is 1. The van der Waals surface area contributed by atoms with Gasteiger partial charge in [-0.3, -0.25) is 14.7 Å². The maximum atomic E-state index is 12.9. The summed E-state index contributed by atoms with van der Waals surface area (Å²) in [5, 5.41) is 1.19. The van der Waals surface area contributed by atoms with E-state index in [9.17, 15) is 9.59 Å². The van der Waals surface area contributed by atoms with Crippen molar-refractivity contribution in [1.29, 1.82) is 0 Å². The fraction of sp³-hybridized carbons (Fsp3) is 0.333. The number of piperazine rings is 1. The number of aromatic nitrogens is 1. The summed E-state index contributed by atoms with van der Waals surface area (Å²) in [5.41, 5.74) is 3.92. The number of nitrogens with zero attached hydrogens (tertiary/aromatic N) is 4. The van der Waals surface area contributed by atoms with E-state index in [-0.39, 0.29) is 19.8 Å². The van der Waals surface area contributed by atoms with Crippen molar-refractivity contribution in [3.63, 3.8) is 0 Å². The average Bonchev–Trinajstić information content (AvgIpc) is 2.99. The quantitative estimate of drug-likeness (QED) is 0.195. The third kappa shape index (κ3) is 8.41. The Bertz CT molecular complexity index is 1230. The van der Waals surface area contributed by atoms with Crippen LogP contribution in [0.5, 0.6) is 5.75 Å². The molecule has 2 heterocycles. The zero-order valence-electron chi connectivity index (χ0n) is 22.2. The molecular weight excluding hydrogens is 496 g/mol. The van der Waals surface area contributed by atoms with E-state index in [1.54, 1.807) is 19.2 Å². The third-order valence-electron chi connectivity index (χ3n) is 6.41. The molecular formula is C30H34N4O5. The molecule has 0 aliphatic carbocycles. The fourth-order valence-corrected chi connectivity index (χ4v) is 4.38. The number of ether oxygens (including phenoxy) is 2. The monoisotopic (exact) mass is 530 g/mol. The molecule has 0 bridgehead atoms. The van der Waals surface area contributed by atoms with Crippen molar-refractivity contribution in [3.8, 4) is 5.75 Å². The van der Waals surface area contributed by atoms with Crippen LogP contribution in [0.25, 0.3) is 0 Å². The Morgan fingerprint density at radius 3 is 2.54 bits per heavy atom. The van der Waals surface area contributed by atoms with E-state index in [2.05, 4.69) is 20.9 Å². The third-order valence-corrected chi connectivity index (χ3v) is 6.41. The summed E-state index contributed by atoms with van der Waals surface area (Å²) < 4.78 is 11.2. The largest absolute Gasteiger partial charge is 0.495 e. The summed E-state index contributed by atoms with van der Waals surface area (Å²) in [6, 6.07) is 19.4. The van der Waals surface area contributed by atoms with Crippen LogP contribution in [0, 0.1) is 0 Å².